The molecule has 2 nitrogen and oxygen atoms in total. The second-order valence-corrected chi connectivity index (χ2v) is 3.53. The van der Waals surface area contributed by atoms with Gasteiger partial charge in [-0.3, -0.25) is 4.79 Å². The van der Waals surface area contributed by atoms with Crippen molar-refractivity contribution in [2.45, 2.75) is 20.3 Å². The summed E-state index contributed by atoms with van der Waals surface area (Å²) >= 11 is 0. The summed E-state index contributed by atoms with van der Waals surface area (Å²) in [5.41, 5.74) is 0.971. The maximum absolute atomic E-state index is 11.3. The topological polar surface area (TPSA) is 26.3 Å². The van der Waals surface area contributed by atoms with Gasteiger partial charge in [-0.1, -0.05) is 37.0 Å². The highest BCUT2D eigenvalue weighted by molar-refractivity contribution is 5.72. The van der Waals surface area contributed by atoms with Crippen LogP contribution in [0.25, 0.3) is 0 Å². The van der Waals surface area contributed by atoms with E-state index < -0.39 is 0 Å². The van der Waals surface area contributed by atoms with Crippen molar-refractivity contribution in [2.75, 3.05) is 6.61 Å². The molecule has 1 aromatic rings. The van der Waals surface area contributed by atoms with Gasteiger partial charge < -0.3 is 4.74 Å². The third-order valence-corrected chi connectivity index (χ3v) is 2.10. The summed E-state index contributed by atoms with van der Waals surface area (Å²) in [6.45, 7) is 4.06. The zero-order valence-electron chi connectivity index (χ0n) is 9.69. The molecule has 1 atom stereocenters. The fourth-order valence-corrected chi connectivity index (χ4v) is 1.20. The number of benzene rings is 1. The van der Waals surface area contributed by atoms with E-state index in [9.17, 15) is 4.79 Å². The quantitative estimate of drug-likeness (QED) is 0.573. The Hall–Kier alpha value is -1.75. The molecule has 0 saturated heterocycles. The minimum Gasteiger partial charge on any atom is -0.466 e. The Labute approximate surface area is 96.6 Å². The van der Waals surface area contributed by atoms with Crippen LogP contribution in [0.15, 0.2) is 30.3 Å². The van der Waals surface area contributed by atoms with Crippen molar-refractivity contribution in [1.82, 2.24) is 0 Å². The smallest absolute Gasteiger partial charge is 0.309 e. The molecule has 0 fully saturated rings. The zero-order chi connectivity index (χ0) is 11.8. The van der Waals surface area contributed by atoms with Crippen molar-refractivity contribution in [1.29, 1.82) is 0 Å². The lowest BCUT2D eigenvalue weighted by molar-refractivity contribution is -0.147. The first-order valence-corrected chi connectivity index (χ1v) is 5.44. The van der Waals surface area contributed by atoms with Gasteiger partial charge in [0.1, 0.15) is 0 Å². The van der Waals surface area contributed by atoms with E-state index in [0.717, 1.165) is 5.56 Å². The summed E-state index contributed by atoms with van der Waals surface area (Å²) in [5, 5.41) is 0. The van der Waals surface area contributed by atoms with E-state index in [1.165, 1.54) is 0 Å². The number of ether oxygens (including phenoxy) is 1. The number of hydrogen-bond donors (Lipinski definition) is 0. The number of esters is 1. The van der Waals surface area contributed by atoms with Crippen molar-refractivity contribution in [3.63, 3.8) is 0 Å². The normalized spacial score (nSPS) is 11.1. The van der Waals surface area contributed by atoms with E-state index in [4.69, 9.17) is 4.74 Å². The van der Waals surface area contributed by atoms with Crippen LogP contribution < -0.4 is 0 Å². The third-order valence-electron chi connectivity index (χ3n) is 2.10. The van der Waals surface area contributed by atoms with E-state index in [0.29, 0.717) is 13.0 Å². The molecule has 0 unspecified atom stereocenters. The lowest BCUT2D eigenvalue weighted by Gasteiger charge is -2.05. The molecule has 0 N–H and O–H groups in total. The van der Waals surface area contributed by atoms with E-state index in [1.807, 2.05) is 37.3 Å². The van der Waals surface area contributed by atoms with Crippen molar-refractivity contribution < 1.29 is 9.53 Å². The van der Waals surface area contributed by atoms with Crippen molar-refractivity contribution >= 4 is 5.97 Å². The van der Waals surface area contributed by atoms with Crippen LogP contribution in [0, 0.1) is 17.8 Å². The summed E-state index contributed by atoms with van der Waals surface area (Å²) < 4.78 is 4.90. The molecule has 1 aromatic carbocycles. The first-order valence-electron chi connectivity index (χ1n) is 5.44. The van der Waals surface area contributed by atoms with Crippen LogP contribution in [0.2, 0.25) is 0 Å². The van der Waals surface area contributed by atoms with Crippen LogP contribution >= 0.6 is 0 Å². The first kappa shape index (κ1) is 12.3. The first-order chi connectivity index (χ1) is 7.74. The number of carbonyl (C=O) groups is 1. The molecule has 0 aliphatic carbocycles. The maximum atomic E-state index is 11.3. The second kappa shape index (κ2) is 6.68. The molecule has 0 radical (unpaired) electrons. The van der Waals surface area contributed by atoms with Gasteiger partial charge in [-0.25, -0.2) is 0 Å². The minimum absolute atomic E-state index is 0.156. The average molecular weight is 216 g/mol. The molecule has 84 valence electrons. The molecule has 0 aliphatic rings. The maximum Gasteiger partial charge on any atom is 0.309 e. The van der Waals surface area contributed by atoms with E-state index >= 15 is 0 Å². The zero-order valence-corrected chi connectivity index (χ0v) is 9.69. The van der Waals surface area contributed by atoms with Crippen molar-refractivity contribution in [3.8, 4) is 11.8 Å². The van der Waals surface area contributed by atoms with Crippen LogP contribution in [0.1, 0.15) is 25.8 Å². The molecular formula is C14H16O2. The highest BCUT2D eigenvalue weighted by Crippen LogP contribution is 2.04. The monoisotopic (exact) mass is 216 g/mol. The van der Waals surface area contributed by atoms with E-state index in [2.05, 4.69) is 11.8 Å². The summed E-state index contributed by atoms with van der Waals surface area (Å²) in [6, 6.07) is 9.73. The van der Waals surface area contributed by atoms with Crippen LogP contribution in [0.3, 0.4) is 0 Å². The molecule has 0 aromatic heterocycles. The Morgan fingerprint density at radius 3 is 2.69 bits per heavy atom. The van der Waals surface area contributed by atoms with Gasteiger partial charge in [0, 0.05) is 12.0 Å². The van der Waals surface area contributed by atoms with Gasteiger partial charge in [0.15, 0.2) is 0 Å². The molecule has 2 heteroatoms. The molecule has 0 aliphatic heterocycles. The van der Waals surface area contributed by atoms with Crippen LogP contribution in [-0.4, -0.2) is 12.6 Å². The Kier molecular flexibility index (Phi) is 5.15. The van der Waals surface area contributed by atoms with Crippen molar-refractivity contribution in [2.24, 2.45) is 5.92 Å². The van der Waals surface area contributed by atoms with Gasteiger partial charge in [-0.05, 0) is 19.1 Å². The van der Waals surface area contributed by atoms with Gasteiger partial charge in [0.25, 0.3) is 0 Å². The molecular weight excluding hydrogens is 200 g/mol. The van der Waals surface area contributed by atoms with Gasteiger partial charge in [0.05, 0.1) is 12.5 Å². The minimum atomic E-state index is -0.176. The van der Waals surface area contributed by atoms with Crippen LogP contribution in [-0.2, 0) is 9.53 Å². The molecule has 1 rings (SSSR count). The standard InChI is InChI=1S/C14H16O2/c1-3-16-14(15)12(2)8-7-11-13-9-5-4-6-10-13/h4-6,9-10,12H,3,8H2,1-2H3/t12-/m0/s1. The van der Waals surface area contributed by atoms with Gasteiger partial charge in [0.2, 0.25) is 0 Å². The summed E-state index contributed by atoms with van der Waals surface area (Å²) in [4.78, 5) is 11.3. The molecule has 0 saturated carbocycles. The highest BCUT2D eigenvalue weighted by atomic mass is 16.5. The number of hydrogen-bond acceptors (Lipinski definition) is 2. The lowest BCUT2D eigenvalue weighted by Crippen LogP contribution is -2.13. The van der Waals surface area contributed by atoms with Crippen LogP contribution in [0.4, 0.5) is 0 Å². The van der Waals surface area contributed by atoms with Gasteiger partial charge in [-0.15, -0.1) is 0 Å². The predicted octanol–water partition coefficient (Wildman–Crippen LogP) is 2.63. The Morgan fingerprint density at radius 2 is 2.06 bits per heavy atom. The predicted molar refractivity (Wildman–Crippen MR) is 63.7 cm³/mol. The van der Waals surface area contributed by atoms with Crippen LogP contribution in [0.5, 0.6) is 0 Å². The summed E-state index contributed by atoms with van der Waals surface area (Å²) in [5.74, 6) is 5.67. The third kappa shape index (κ3) is 4.18. The fraction of sp³-hybridized carbons (Fsp3) is 0.357. The SMILES string of the molecule is CCOC(=O)[C@@H](C)CC#Cc1ccccc1. The van der Waals surface area contributed by atoms with Gasteiger partial charge in [-0.2, -0.15) is 0 Å². The second-order valence-electron chi connectivity index (χ2n) is 3.53. The Morgan fingerprint density at radius 1 is 1.38 bits per heavy atom. The largest absolute Gasteiger partial charge is 0.466 e. The Bertz CT molecular complexity index is 384. The van der Waals surface area contributed by atoms with E-state index in [1.54, 1.807) is 6.92 Å². The fourth-order valence-electron chi connectivity index (χ4n) is 1.20. The van der Waals surface area contributed by atoms with E-state index in [-0.39, 0.29) is 11.9 Å². The van der Waals surface area contributed by atoms with Gasteiger partial charge >= 0.3 is 5.97 Å². The lowest BCUT2D eigenvalue weighted by atomic mass is 10.1. The molecule has 0 amide bonds. The molecule has 0 bridgehead atoms. The summed E-state index contributed by atoms with van der Waals surface area (Å²) in [7, 11) is 0. The average Bonchev–Trinajstić information content (AvgIpc) is 2.30. The molecule has 16 heavy (non-hydrogen) atoms. The Balaban J connectivity index is 2.46. The molecule has 0 spiro atoms. The highest BCUT2D eigenvalue weighted by Gasteiger charge is 2.11. The number of rotatable bonds is 3. The summed E-state index contributed by atoms with van der Waals surface area (Å²) in [6.07, 6.45) is 0.535. The van der Waals surface area contributed by atoms with Crippen molar-refractivity contribution in [3.05, 3.63) is 35.9 Å². The number of carbonyl (C=O) groups excluding carboxylic acids is 1. The molecule has 0 heterocycles.